The highest BCUT2D eigenvalue weighted by Crippen LogP contribution is 2.39. The largest absolute Gasteiger partial charge is 0.349 e. The summed E-state index contributed by atoms with van der Waals surface area (Å²) >= 11 is 1.24. The van der Waals surface area contributed by atoms with E-state index in [1.165, 1.54) is 24.6 Å². The number of rotatable bonds is 6. The summed E-state index contributed by atoms with van der Waals surface area (Å²) < 4.78 is 0. The molecule has 0 unspecified atom stereocenters. The number of hydrogen-bond donors (Lipinski definition) is 1. The van der Waals surface area contributed by atoms with Gasteiger partial charge in [0.2, 0.25) is 16.9 Å². The molecule has 0 aromatic heterocycles. The van der Waals surface area contributed by atoms with Crippen LogP contribution in [-0.2, 0) is 15.3 Å². The Kier molecular flexibility index (Phi) is 9.74. The Morgan fingerprint density at radius 3 is 2.12 bits per heavy atom. The van der Waals surface area contributed by atoms with Gasteiger partial charge in [0.1, 0.15) is 0 Å². The number of nitrogens with one attached hydrogen (secondary N) is 1. The van der Waals surface area contributed by atoms with Crippen molar-refractivity contribution in [2.75, 3.05) is 0 Å². The Morgan fingerprint density at radius 2 is 1.40 bits per heavy atom. The zero-order chi connectivity index (χ0) is 27.9. The van der Waals surface area contributed by atoms with Crippen LogP contribution >= 0.6 is 11.8 Å². The highest BCUT2D eigenvalue weighted by atomic mass is 32.2. The molecule has 6 nitrogen and oxygen atoms in total. The van der Waals surface area contributed by atoms with Gasteiger partial charge < -0.3 is 5.32 Å². The lowest BCUT2D eigenvalue weighted by Crippen LogP contribution is -2.65. The molecule has 1 N–H and O–H groups in total. The zero-order valence-corrected chi connectivity index (χ0v) is 24.0. The summed E-state index contributed by atoms with van der Waals surface area (Å²) in [6.07, 6.45) is 11.8. The monoisotopic (exact) mass is 560 g/mol. The summed E-state index contributed by atoms with van der Waals surface area (Å²) in [6.45, 7) is 0. The van der Waals surface area contributed by atoms with E-state index in [2.05, 4.69) is 5.32 Å². The van der Waals surface area contributed by atoms with Gasteiger partial charge in [-0.3, -0.25) is 24.1 Å². The number of hydrogen-bond acceptors (Lipinski definition) is 5. The maximum Gasteiger partial charge on any atom is 0.251 e. The number of imide groups is 1. The van der Waals surface area contributed by atoms with Crippen LogP contribution in [0.4, 0.5) is 0 Å². The minimum atomic E-state index is -0.362. The first-order valence-corrected chi connectivity index (χ1v) is 16.0. The normalized spacial score (nSPS) is 25.3. The molecule has 1 heterocycles. The Morgan fingerprint density at radius 1 is 0.750 bits per heavy atom. The number of β-lactam (4-membered cyclic amide) rings is 1. The third-order valence-electron chi connectivity index (χ3n) is 8.85. The minimum absolute atomic E-state index is 0.00300. The van der Waals surface area contributed by atoms with Crippen LogP contribution in [0.25, 0.3) is 0 Å². The average molecular weight is 561 g/mol. The summed E-state index contributed by atoms with van der Waals surface area (Å²) in [4.78, 5) is 54.2. The second kappa shape index (κ2) is 13.6. The van der Waals surface area contributed by atoms with E-state index < -0.39 is 0 Å². The van der Waals surface area contributed by atoms with Crippen LogP contribution in [0.15, 0.2) is 54.6 Å². The first-order valence-electron chi connectivity index (χ1n) is 15.0. The molecule has 2 saturated carbocycles. The molecule has 4 atom stereocenters. The van der Waals surface area contributed by atoms with Crippen LogP contribution < -0.4 is 5.32 Å². The molecular weight excluding hydrogens is 520 g/mol. The second-order valence-electron chi connectivity index (χ2n) is 11.5. The Hall–Kier alpha value is -2.93. The highest BCUT2D eigenvalue weighted by molar-refractivity contribution is 8.13. The van der Waals surface area contributed by atoms with Crippen molar-refractivity contribution in [1.29, 1.82) is 0 Å². The van der Waals surface area contributed by atoms with E-state index in [-0.39, 0.29) is 46.8 Å². The molecule has 2 aliphatic carbocycles. The predicted octanol–water partition coefficient (Wildman–Crippen LogP) is 6.54. The van der Waals surface area contributed by atoms with Crippen molar-refractivity contribution in [1.82, 2.24) is 10.2 Å². The fraction of sp³-hybridized carbons (Fsp3) is 0.515. The number of carbonyl (C=O) groups is 4. The van der Waals surface area contributed by atoms with Gasteiger partial charge in [-0.1, -0.05) is 106 Å². The Bertz CT molecular complexity index is 1200. The zero-order valence-electron chi connectivity index (χ0n) is 23.2. The molecule has 2 aromatic carbocycles. The van der Waals surface area contributed by atoms with Crippen molar-refractivity contribution in [3.8, 4) is 0 Å². The summed E-state index contributed by atoms with van der Waals surface area (Å²) in [5, 5.41) is 3.20. The van der Waals surface area contributed by atoms with Gasteiger partial charge in [0.25, 0.3) is 5.91 Å². The summed E-state index contributed by atoms with van der Waals surface area (Å²) in [5.74, 6) is -0.0925. The van der Waals surface area contributed by atoms with Crippen molar-refractivity contribution < 1.29 is 19.2 Å². The van der Waals surface area contributed by atoms with Gasteiger partial charge in [-0.05, 0) is 43.4 Å². The van der Waals surface area contributed by atoms with Crippen LogP contribution in [0.1, 0.15) is 103 Å². The van der Waals surface area contributed by atoms with E-state index in [0.717, 1.165) is 63.4 Å². The first-order chi connectivity index (χ1) is 19.5. The van der Waals surface area contributed by atoms with E-state index >= 15 is 0 Å². The molecule has 7 heteroatoms. The topological polar surface area (TPSA) is 83.6 Å². The minimum Gasteiger partial charge on any atom is -0.349 e. The van der Waals surface area contributed by atoms with Crippen molar-refractivity contribution in [3.63, 3.8) is 0 Å². The summed E-state index contributed by atoms with van der Waals surface area (Å²) in [7, 11) is 0. The summed E-state index contributed by atoms with van der Waals surface area (Å²) in [5.41, 5.74) is 2.18. The number of carbonyl (C=O) groups excluding carboxylic acids is 4. The van der Waals surface area contributed by atoms with Crippen molar-refractivity contribution in [2.45, 2.75) is 94.9 Å². The Balaban J connectivity index is 1.22. The number of amides is 3. The van der Waals surface area contributed by atoms with Gasteiger partial charge in [0.05, 0.1) is 17.9 Å². The maximum atomic E-state index is 13.8. The van der Waals surface area contributed by atoms with Crippen LogP contribution in [0, 0.1) is 11.8 Å². The standard InChI is InChI=1S/C33H40N2O4S/c36-30(24-20-18-23(19-21-24)22-40-33(39)25-12-6-5-7-13-25)34-28-16-10-3-1-8-14-26(28)31(37)35-29-17-11-4-2-9-15-27(29)32(35)38/h5-7,12-13,18-21,26-29H,1-4,8-11,14-17,22H2,(H,34,36)/t26-,27-,28+,29+/m1/s1. The van der Waals surface area contributed by atoms with Crippen LogP contribution in [0.5, 0.6) is 0 Å². The summed E-state index contributed by atoms with van der Waals surface area (Å²) in [6, 6.07) is 16.3. The average Bonchev–Trinajstić information content (AvgIpc) is 2.95. The second-order valence-corrected chi connectivity index (χ2v) is 12.5. The van der Waals surface area contributed by atoms with Gasteiger partial charge in [-0.2, -0.15) is 0 Å². The van der Waals surface area contributed by atoms with E-state index in [1.807, 2.05) is 42.5 Å². The fourth-order valence-electron chi connectivity index (χ4n) is 6.54. The molecule has 3 aliphatic rings. The number of likely N-dealkylation sites (tertiary alicyclic amines) is 1. The van der Waals surface area contributed by atoms with E-state index in [4.69, 9.17) is 0 Å². The van der Waals surface area contributed by atoms with E-state index in [0.29, 0.717) is 23.3 Å². The smallest absolute Gasteiger partial charge is 0.251 e. The first kappa shape index (κ1) is 28.6. The van der Waals surface area contributed by atoms with Crippen LogP contribution in [0.2, 0.25) is 0 Å². The molecule has 5 rings (SSSR count). The van der Waals surface area contributed by atoms with Gasteiger partial charge in [0, 0.05) is 22.9 Å². The fourth-order valence-corrected chi connectivity index (χ4v) is 7.33. The molecule has 2 aromatic rings. The highest BCUT2D eigenvalue weighted by Gasteiger charge is 2.51. The van der Waals surface area contributed by atoms with E-state index in [9.17, 15) is 19.2 Å². The lowest BCUT2D eigenvalue weighted by Gasteiger charge is -2.48. The Labute approximate surface area is 241 Å². The van der Waals surface area contributed by atoms with Crippen molar-refractivity contribution >= 4 is 34.6 Å². The number of nitrogens with zero attached hydrogens (tertiary/aromatic N) is 1. The molecule has 0 spiro atoms. The molecular formula is C33H40N2O4S. The van der Waals surface area contributed by atoms with Gasteiger partial charge in [-0.25, -0.2) is 0 Å². The maximum absolute atomic E-state index is 13.8. The van der Waals surface area contributed by atoms with Gasteiger partial charge >= 0.3 is 0 Å². The van der Waals surface area contributed by atoms with Crippen LogP contribution in [-0.4, -0.2) is 39.8 Å². The molecule has 40 heavy (non-hydrogen) atoms. The molecule has 1 saturated heterocycles. The number of thioether (sulfide) groups is 1. The van der Waals surface area contributed by atoms with Gasteiger partial charge in [-0.15, -0.1) is 0 Å². The lowest BCUT2D eigenvalue weighted by atomic mass is 9.76. The lowest BCUT2D eigenvalue weighted by molar-refractivity contribution is -0.170. The SMILES string of the molecule is O=C(N[C@H]1CCCCCC[C@H]1C(=O)N1C(=O)[C@@H]2CCCCCC[C@@H]21)c1ccc(CSC(=O)c2ccccc2)cc1. The molecule has 1 aliphatic heterocycles. The number of fused-ring (bicyclic) bond motifs is 1. The molecule has 0 bridgehead atoms. The van der Waals surface area contributed by atoms with Crippen molar-refractivity contribution in [2.24, 2.45) is 11.8 Å². The third kappa shape index (κ3) is 6.68. The molecule has 3 fully saturated rings. The van der Waals surface area contributed by atoms with Gasteiger partial charge in [0.15, 0.2) is 0 Å². The molecule has 212 valence electrons. The quantitative estimate of drug-likeness (QED) is 0.321. The van der Waals surface area contributed by atoms with Crippen molar-refractivity contribution in [3.05, 3.63) is 71.3 Å². The van der Waals surface area contributed by atoms with E-state index in [1.54, 1.807) is 17.0 Å². The number of benzene rings is 2. The third-order valence-corrected chi connectivity index (χ3v) is 9.82. The predicted molar refractivity (Wildman–Crippen MR) is 158 cm³/mol. The molecule has 3 amide bonds. The van der Waals surface area contributed by atoms with Crippen LogP contribution in [0.3, 0.4) is 0 Å². The molecule has 0 radical (unpaired) electrons.